The van der Waals surface area contributed by atoms with Crippen LogP contribution in [0.4, 0.5) is 5.69 Å². The number of benzene rings is 1. The summed E-state index contributed by atoms with van der Waals surface area (Å²) in [6, 6.07) is 3.94. The fourth-order valence-electron chi connectivity index (χ4n) is 1.41. The van der Waals surface area contributed by atoms with Crippen LogP contribution >= 0.6 is 11.6 Å². The van der Waals surface area contributed by atoms with Gasteiger partial charge in [-0.1, -0.05) is 31.5 Å². The maximum Gasteiger partial charge on any atom is 0.288 e. The van der Waals surface area contributed by atoms with Gasteiger partial charge in [-0.15, -0.1) is 0 Å². The van der Waals surface area contributed by atoms with Crippen molar-refractivity contribution in [2.24, 2.45) is 11.1 Å². The zero-order chi connectivity index (χ0) is 13.2. The molecule has 0 amide bonds. The Morgan fingerprint density at radius 2 is 2.18 bits per heavy atom. The summed E-state index contributed by atoms with van der Waals surface area (Å²) in [5.41, 5.74) is 5.83. The molecule has 0 bridgehead atoms. The predicted molar refractivity (Wildman–Crippen MR) is 65.9 cm³/mol. The lowest BCUT2D eigenvalue weighted by atomic mass is 9.82. The molecule has 17 heavy (non-hydrogen) atoms. The van der Waals surface area contributed by atoms with E-state index in [0.29, 0.717) is 5.56 Å². The average molecular weight is 259 g/mol. The third kappa shape index (κ3) is 2.94. The van der Waals surface area contributed by atoms with Gasteiger partial charge in [0.15, 0.2) is 0 Å². The highest BCUT2D eigenvalue weighted by Crippen LogP contribution is 2.34. The van der Waals surface area contributed by atoms with Gasteiger partial charge < -0.3 is 10.8 Å². The third-order valence-electron chi connectivity index (χ3n) is 2.78. The Hall–Kier alpha value is -1.17. The number of hydrogen-bond donors (Lipinski definition) is 2. The van der Waals surface area contributed by atoms with Gasteiger partial charge in [0.1, 0.15) is 5.02 Å². The molecule has 1 atom stereocenters. The fourth-order valence-corrected chi connectivity index (χ4v) is 1.60. The molecular formula is C11H15ClN2O3. The molecule has 0 saturated carbocycles. The fraction of sp³-hybridized carbons (Fsp3) is 0.455. The van der Waals surface area contributed by atoms with Crippen LogP contribution in [0.25, 0.3) is 0 Å². The van der Waals surface area contributed by atoms with Gasteiger partial charge in [-0.2, -0.15) is 0 Å². The van der Waals surface area contributed by atoms with Gasteiger partial charge >= 0.3 is 0 Å². The standard InChI is InChI=1S/C11H15ClN2O3/c1-11(2,6-15)10(13)7-3-4-8(12)9(5-7)14(16)17/h3-5,10,15H,6,13H2,1-2H3/t10-/m1/s1. The summed E-state index contributed by atoms with van der Waals surface area (Å²) in [5, 5.41) is 20.0. The van der Waals surface area contributed by atoms with Gasteiger partial charge in [0, 0.05) is 24.1 Å². The zero-order valence-electron chi connectivity index (χ0n) is 9.68. The van der Waals surface area contributed by atoms with Crippen LogP contribution in [0.1, 0.15) is 25.5 Å². The van der Waals surface area contributed by atoms with E-state index in [9.17, 15) is 15.2 Å². The van der Waals surface area contributed by atoms with Crippen LogP contribution in [-0.2, 0) is 0 Å². The Morgan fingerprint density at radius 1 is 1.59 bits per heavy atom. The van der Waals surface area contributed by atoms with E-state index in [4.69, 9.17) is 17.3 Å². The van der Waals surface area contributed by atoms with Gasteiger partial charge in [-0.05, 0) is 11.6 Å². The highest BCUT2D eigenvalue weighted by molar-refractivity contribution is 6.32. The van der Waals surface area contributed by atoms with Crippen molar-refractivity contribution < 1.29 is 10.0 Å². The average Bonchev–Trinajstić information content (AvgIpc) is 2.28. The van der Waals surface area contributed by atoms with Crippen LogP contribution in [0.3, 0.4) is 0 Å². The number of aliphatic hydroxyl groups is 1. The molecule has 1 rings (SSSR count). The molecule has 0 aromatic heterocycles. The topological polar surface area (TPSA) is 89.4 Å². The molecule has 94 valence electrons. The van der Waals surface area contributed by atoms with E-state index < -0.39 is 16.4 Å². The van der Waals surface area contributed by atoms with Crippen molar-refractivity contribution in [1.82, 2.24) is 0 Å². The molecule has 3 N–H and O–H groups in total. The first-order valence-electron chi connectivity index (χ1n) is 5.10. The van der Waals surface area contributed by atoms with Crippen molar-refractivity contribution in [3.8, 4) is 0 Å². The predicted octanol–water partition coefficient (Wildman–Crippen LogP) is 2.27. The van der Waals surface area contributed by atoms with Gasteiger partial charge in [0.2, 0.25) is 0 Å². The van der Waals surface area contributed by atoms with Crippen LogP contribution in [-0.4, -0.2) is 16.6 Å². The van der Waals surface area contributed by atoms with Crippen molar-refractivity contribution >= 4 is 17.3 Å². The van der Waals surface area contributed by atoms with Gasteiger partial charge in [-0.3, -0.25) is 10.1 Å². The normalized spacial score (nSPS) is 13.5. The largest absolute Gasteiger partial charge is 0.396 e. The van der Waals surface area contributed by atoms with E-state index in [1.807, 2.05) is 0 Å². The van der Waals surface area contributed by atoms with E-state index in [1.54, 1.807) is 19.9 Å². The number of nitro benzene ring substituents is 1. The molecule has 0 spiro atoms. The molecule has 0 aliphatic rings. The quantitative estimate of drug-likeness (QED) is 0.640. The summed E-state index contributed by atoms with van der Waals surface area (Å²) in [4.78, 5) is 10.2. The maximum atomic E-state index is 10.7. The second-order valence-electron chi connectivity index (χ2n) is 4.59. The smallest absolute Gasteiger partial charge is 0.288 e. The first-order valence-corrected chi connectivity index (χ1v) is 5.47. The maximum absolute atomic E-state index is 10.7. The van der Waals surface area contributed by atoms with Gasteiger partial charge in [0.05, 0.1) is 4.92 Å². The minimum atomic E-state index is -0.554. The summed E-state index contributed by atoms with van der Waals surface area (Å²) in [7, 11) is 0. The van der Waals surface area contributed by atoms with Crippen LogP contribution in [0, 0.1) is 15.5 Å². The third-order valence-corrected chi connectivity index (χ3v) is 3.10. The Balaban J connectivity index is 3.16. The molecule has 1 aromatic carbocycles. The van der Waals surface area contributed by atoms with Crippen molar-refractivity contribution in [3.05, 3.63) is 38.9 Å². The Labute approximate surface area is 104 Å². The molecule has 0 fully saturated rings. The van der Waals surface area contributed by atoms with Crippen LogP contribution in [0.5, 0.6) is 0 Å². The number of rotatable bonds is 4. The van der Waals surface area contributed by atoms with Crippen LogP contribution in [0.15, 0.2) is 18.2 Å². The molecule has 0 unspecified atom stereocenters. The van der Waals surface area contributed by atoms with E-state index >= 15 is 0 Å². The number of halogens is 1. The minimum Gasteiger partial charge on any atom is -0.396 e. The summed E-state index contributed by atoms with van der Waals surface area (Å²) < 4.78 is 0. The lowest BCUT2D eigenvalue weighted by Gasteiger charge is -2.29. The molecule has 6 heteroatoms. The van der Waals surface area contributed by atoms with Crippen molar-refractivity contribution in [3.63, 3.8) is 0 Å². The lowest BCUT2D eigenvalue weighted by Crippen LogP contribution is -2.32. The van der Waals surface area contributed by atoms with Crippen LogP contribution in [0.2, 0.25) is 5.02 Å². The van der Waals surface area contributed by atoms with Gasteiger partial charge in [0.25, 0.3) is 5.69 Å². The molecule has 0 saturated heterocycles. The molecular weight excluding hydrogens is 244 g/mol. The monoisotopic (exact) mass is 258 g/mol. The first-order chi connectivity index (χ1) is 7.79. The van der Waals surface area contributed by atoms with Crippen LogP contribution < -0.4 is 5.73 Å². The summed E-state index contributed by atoms with van der Waals surface area (Å²) in [6.45, 7) is 3.47. The SMILES string of the molecule is CC(C)(CO)[C@H](N)c1ccc(Cl)c([N+](=O)[O-])c1. The number of nitrogens with two attached hydrogens (primary N) is 1. The van der Waals surface area contributed by atoms with E-state index in [0.717, 1.165) is 0 Å². The molecule has 0 aliphatic heterocycles. The molecule has 5 nitrogen and oxygen atoms in total. The molecule has 0 aliphatic carbocycles. The Kier molecular flexibility index (Phi) is 4.08. The number of aliphatic hydroxyl groups excluding tert-OH is 1. The number of nitrogens with zero attached hydrogens (tertiary/aromatic N) is 1. The second-order valence-corrected chi connectivity index (χ2v) is 5.00. The summed E-state index contributed by atoms with van der Waals surface area (Å²) in [6.07, 6.45) is 0. The van der Waals surface area contributed by atoms with Crippen molar-refractivity contribution in [2.45, 2.75) is 19.9 Å². The van der Waals surface area contributed by atoms with E-state index in [1.165, 1.54) is 12.1 Å². The summed E-state index contributed by atoms with van der Waals surface area (Å²) >= 11 is 5.71. The lowest BCUT2D eigenvalue weighted by molar-refractivity contribution is -0.384. The second kappa shape index (κ2) is 5.00. The Morgan fingerprint density at radius 3 is 2.65 bits per heavy atom. The molecule has 0 radical (unpaired) electrons. The number of nitro groups is 1. The molecule has 1 aromatic rings. The Bertz CT molecular complexity index is 435. The molecule has 0 heterocycles. The van der Waals surface area contributed by atoms with E-state index in [-0.39, 0.29) is 17.3 Å². The highest BCUT2D eigenvalue weighted by Gasteiger charge is 2.28. The summed E-state index contributed by atoms with van der Waals surface area (Å²) in [5.74, 6) is 0. The minimum absolute atomic E-state index is 0.0766. The van der Waals surface area contributed by atoms with Crippen molar-refractivity contribution in [1.29, 1.82) is 0 Å². The first kappa shape index (κ1) is 13.9. The van der Waals surface area contributed by atoms with E-state index in [2.05, 4.69) is 0 Å². The zero-order valence-corrected chi connectivity index (χ0v) is 10.4. The van der Waals surface area contributed by atoms with Gasteiger partial charge in [-0.25, -0.2) is 0 Å². The van der Waals surface area contributed by atoms with Crippen molar-refractivity contribution in [2.75, 3.05) is 6.61 Å². The number of hydrogen-bond acceptors (Lipinski definition) is 4. The highest BCUT2D eigenvalue weighted by atomic mass is 35.5.